The number of nitrogens with zero attached hydrogens (tertiary/aromatic N) is 7. The van der Waals surface area contributed by atoms with Crippen molar-refractivity contribution in [3.05, 3.63) is 78.6 Å². The molecular formula is C30H35N7O. The molecule has 6 rings (SSSR count). The van der Waals surface area contributed by atoms with Crippen LogP contribution in [0.2, 0.25) is 0 Å². The standard InChI is InChI=1S/C30H35N7O/c1-2-37-21-27(30(34-37)25-4-3-11-31-19-25)28-9-12-32-29(33-28)18-23-5-7-26(8-6-23)36-15-13-35(14-16-36)20-24-10-17-38-22-24/h3-9,11-12,19,21,24H,2,10,13-18,20,22H2,1H3. The molecule has 1 unspecified atom stereocenters. The van der Waals surface area contributed by atoms with Gasteiger partial charge in [0.25, 0.3) is 0 Å². The average molecular weight is 510 g/mol. The second-order valence-electron chi connectivity index (χ2n) is 10.2. The van der Waals surface area contributed by atoms with Crippen LogP contribution in [0.4, 0.5) is 5.69 Å². The number of hydrogen-bond acceptors (Lipinski definition) is 7. The molecule has 0 radical (unpaired) electrons. The molecule has 0 amide bonds. The van der Waals surface area contributed by atoms with Gasteiger partial charge < -0.3 is 9.64 Å². The van der Waals surface area contributed by atoms with Crippen molar-refractivity contribution in [3.63, 3.8) is 0 Å². The van der Waals surface area contributed by atoms with E-state index in [9.17, 15) is 0 Å². The maximum atomic E-state index is 5.55. The normalized spacial score (nSPS) is 18.2. The molecule has 0 saturated carbocycles. The zero-order valence-corrected chi connectivity index (χ0v) is 22.0. The second-order valence-corrected chi connectivity index (χ2v) is 10.2. The molecule has 0 bridgehead atoms. The zero-order valence-electron chi connectivity index (χ0n) is 22.0. The molecule has 1 aromatic carbocycles. The van der Waals surface area contributed by atoms with E-state index in [1.165, 1.54) is 24.2 Å². The molecule has 4 aromatic rings. The van der Waals surface area contributed by atoms with Gasteiger partial charge in [-0.15, -0.1) is 0 Å². The van der Waals surface area contributed by atoms with Gasteiger partial charge in [-0.2, -0.15) is 5.10 Å². The molecule has 0 spiro atoms. The molecule has 2 saturated heterocycles. The van der Waals surface area contributed by atoms with Crippen LogP contribution in [0.3, 0.4) is 0 Å². The van der Waals surface area contributed by atoms with Crippen molar-refractivity contribution >= 4 is 5.69 Å². The number of benzene rings is 1. The minimum Gasteiger partial charge on any atom is -0.381 e. The van der Waals surface area contributed by atoms with E-state index >= 15 is 0 Å². The van der Waals surface area contributed by atoms with Gasteiger partial charge in [-0.1, -0.05) is 12.1 Å². The molecule has 2 fully saturated rings. The molecule has 5 heterocycles. The quantitative estimate of drug-likeness (QED) is 0.353. The Morgan fingerprint density at radius 1 is 1.00 bits per heavy atom. The number of pyridine rings is 1. The monoisotopic (exact) mass is 509 g/mol. The van der Waals surface area contributed by atoms with Crippen molar-refractivity contribution in [2.75, 3.05) is 50.8 Å². The van der Waals surface area contributed by atoms with Crippen LogP contribution < -0.4 is 4.90 Å². The summed E-state index contributed by atoms with van der Waals surface area (Å²) >= 11 is 0. The Morgan fingerprint density at radius 2 is 1.87 bits per heavy atom. The van der Waals surface area contributed by atoms with Crippen molar-refractivity contribution in [3.8, 4) is 22.5 Å². The first-order valence-electron chi connectivity index (χ1n) is 13.7. The SMILES string of the molecule is CCn1cc(-c2ccnc(Cc3ccc(N4CCN(CC5CCOC5)CC4)cc3)n2)c(-c2cccnc2)n1. The van der Waals surface area contributed by atoms with E-state index in [1.807, 2.05) is 35.3 Å². The lowest BCUT2D eigenvalue weighted by Crippen LogP contribution is -2.47. The Bertz CT molecular complexity index is 1320. The molecule has 38 heavy (non-hydrogen) atoms. The fraction of sp³-hybridized carbons (Fsp3) is 0.400. The average Bonchev–Trinajstić information content (AvgIpc) is 3.65. The van der Waals surface area contributed by atoms with Crippen molar-refractivity contribution in [2.24, 2.45) is 5.92 Å². The lowest BCUT2D eigenvalue weighted by atomic mass is 10.1. The summed E-state index contributed by atoms with van der Waals surface area (Å²) in [6.45, 7) is 10.3. The lowest BCUT2D eigenvalue weighted by molar-refractivity contribution is 0.164. The molecule has 8 nitrogen and oxygen atoms in total. The summed E-state index contributed by atoms with van der Waals surface area (Å²) in [4.78, 5) is 18.9. The van der Waals surface area contributed by atoms with E-state index in [1.54, 1.807) is 6.20 Å². The Hall–Kier alpha value is -3.62. The molecular weight excluding hydrogens is 474 g/mol. The van der Waals surface area contributed by atoms with Crippen LogP contribution >= 0.6 is 0 Å². The van der Waals surface area contributed by atoms with Gasteiger partial charge in [-0.05, 0) is 55.2 Å². The van der Waals surface area contributed by atoms with Gasteiger partial charge in [0, 0.05) is 93.9 Å². The highest BCUT2D eigenvalue weighted by molar-refractivity contribution is 5.78. The van der Waals surface area contributed by atoms with Crippen LogP contribution in [0.1, 0.15) is 24.7 Å². The molecule has 1 atom stereocenters. The van der Waals surface area contributed by atoms with Gasteiger partial charge in [0.1, 0.15) is 11.5 Å². The summed E-state index contributed by atoms with van der Waals surface area (Å²) in [5.74, 6) is 1.52. The van der Waals surface area contributed by atoms with Gasteiger partial charge in [0.05, 0.1) is 12.3 Å². The summed E-state index contributed by atoms with van der Waals surface area (Å²) in [5.41, 5.74) is 6.26. The molecule has 0 aliphatic carbocycles. The van der Waals surface area contributed by atoms with Gasteiger partial charge in [0.15, 0.2) is 0 Å². The summed E-state index contributed by atoms with van der Waals surface area (Å²) in [5, 5.41) is 4.78. The lowest BCUT2D eigenvalue weighted by Gasteiger charge is -2.37. The summed E-state index contributed by atoms with van der Waals surface area (Å²) < 4.78 is 7.49. The summed E-state index contributed by atoms with van der Waals surface area (Å²) in [6.07, 6.45) is 9.43. The molecule has 0 N–H and O–H groups in total. The van der Waals surface area contributed by atoms with E-state index < -0.39 is 0 Å². The third kappa shape index (κ3) is 5.61. The van der Waals surface area contributed by atoms with Crippen molar-refractivity contribution in [1.29, 1.82) is 0 Å². The molecule has 3 aromatic heterocycles. The predicted octanol–water partition coefficient (Wildman–Crippen LogP) is 4.17. The van der Waals surface area contributed by atoms with Gasteiger partial charge in [0.2, 0.25) is 0 Å². The van der Waals surface area contributed by atoms with Crippen molar-refractivity contribution in [2.45, 2.75) is 26.3 Å². The van der Waals surface area contributed by atoms with Crippen molar-refractivity contribution < 1.29 is 4.74 Å². The summed E-state index contributed by atoms with van der Waals surface area (Å²) in [6, 6.07) is 14.8. The second kappa shape index (κ2) is 11.4. The number of aryl methyl sites for hydroxylation is 1. The highest BCUT2D eigenvalue weighted by atomic mass is 16.5. The Kier molecular flexibility index (Phi) is 7.42. The van der Waals surface area contributed by atoms with E-state index in [-0.39, 0.29) is 0 Å². The largest absolute Gasteiger partial charge is 0.381 e. The number of aromatic nitrogens is 5. The minimum absolute atomic E-state index is 0.690. The highest BCUT2D eigenvalue weighted by Crippen LogP contribution is 2.29. The zero-order chi connectivity index (χ0) is 25.7. The van der Waals surface area contributed by atoms with Crippen LogP contribution in [-0.2, 0) is 17.7 Å². The number of rotatable bonds is 8. The Morgan fingerprint density at radius 3 is 2.61 bits per heavy atom. The fourth-order valence-corrected chi connectivity index (χ4v) is 5.41. The van der Waals surface area contributed by atoms with Crippen LogP contribution in [0.5, 0.6) is 0 Å². The van der Waals surface area contributed by atoms with Gasteiger partial charge in [-0.3, -0.25) is 14.6 Å². The molecule has 196 valence electrons. The first-order chi connectivity index (χ1) is 18.7. The number of anilines is 1. The van der Waals surface area contributed by atoms with E-state index in [2.05, 4.69) is 57.2 Å². The minimum atomic E-state index is 0.690. The first-order valence-corrected chi connectivity index (χ1v) is 13.7. The maximum absolute atomic E-state index is 5.55. The topological polar surface area (TPSA) is 72.2 Å². The molecule has 2 aliphatic heterocycles. The fourth-order valence-electron chi connectivity index (χ4n) is 5.41. The molecule has 2 aliphatic rings. The third-order valence-electron chi connectivity index (χ3n) is 7.58. The maximum Gasteiger partial charge on any atom is 0.133 e. The van der Waals surface area contributed by atoms with Gasteiger partial charge >= 0.3 is 0 Å². The number of piperazine rings is 1. The van der Waals surface area contributed by atoms with Crippen molar-refractivity contribution in [1.82, 2.24) is 29.6 Å². The van der Waals surface area contributed by atoms with Crippen LogP contribution in [0.15, 0.2) is 67.3 Å². The predicted molar refractivity (Wildman–Crippen MR) is 149 cm³/mol. The summed E-state index contributed by atoms with van der Waals surface area (Å²) in [7, 11) is 0. The smallest absolute Gasteiger partial charge is 0.133 e. The third-order valence-corrected chi connectivity index (χ3v) is 7.58. The van der Waals surface area contributed by atoms with Crippen LogP contribution in [0, 0.1) is 5.92 Å². The number of hydrogen-bond donors (Lipinski definition) is 0. The van der Waals surface area contributed by atoms with Crippen LogP contribution in [0.25, 0.3) is 22.5 Å². The van der Waals surface area contributed by atoms with Crippen LogP contribution in [-0.4, -0.2) is 75.6 Å². The molecule has 8 heteroatoms. The van der Waals surface area contributed by atoms with E-state index in [0.29, 0.717) is 12.3 Å². The highest BCUT2D eigenvalue weighted by Gasteiger charge is 2.23. The van der Waals surface area contributed by atoms with E-state index in [4.69, 9.17) is 14.8 Å². The van der Waals surface area contributed by atoms with E-state index in [0.717, 1.165) is 74.3 Å². The van der Waals surface area contributed by atoms with Gasteiger partial charge in [-0.25, -0.2) is 9.97 Å². The Labute approximate surface area is 224 Å². The Balaban J connectivity index is 1.12. The number of ether oxygens (including phenoxy) is 1. The first kappa shape index (κ1) is 24.7.